The van der Waals surface area contributed by atoms with Gasteiger partial charge < -0.3 is 5.11 Å². The Morgan fingerprint density at radius 2 is 1.87 bits per heavy atom. The van der Waals surface area contributed by atoms with Gasteiger partial charge in [-0.15, -0.1) is 0 Å². The summed E-state index contributed by atoms with van der Waals surface area (Å²) < 4.78 is 0. The fraction of sp³-hybridized carbons (Fsp3) is 0.429. The number of aliphatic hydroxyl groups is 1. The van der Waals surface area contributed by atoms with Crippen LogP contribution in [0.5, 0.6) is 0 Å². The van der Waals surface area contributed by atoms with Gasteiger partial charge in [0.25, 0.3) is 0 Å². The predicted molar refractivity (Wildman–Crippen MR) is 64.7 cm³/mol. The van der Waals surface area contributed by atoms with Gasteiger partial charge in [0.15, 0.2) is 0 Å². The van der Waals surface area contributed by atoms with E-state index in [0.29, 0.717) is 0 Å². The van der Waals surface area contributed by atoms with Crippen molar-refractivity contribution in [3.05, 3.63) is 47.5 Å². The van der Waals surface area contributed by atoms with E-state index in [2.05, 4.69) is 19.9 Å². The first-order valence-corrected chi connectivity index (χ1v) is 5.43. The van der Waals surface area contributed by atoms with Gasteiger partial charge >= 0.3 is 0 Å². The summed E-state index contributed by atoms with van der Waals surface area (Å²) in [5.41, 5.74) is 1.58. The maximum absolute atomic E-state index is 10.3. The Morgan fingerprint density at radius 3 is 2.40 bits per heavy atom. The highest BCUT2D eigenvalue weighted by molar-refractivity contribution is 5.21. The number of benzene rings is 1. The highest BCUT2D eigenvalue weighted by atomic mass is 16.3. The Morgan fingerprint density at radius 1 is 1.27 bits per heavy atom. The summed E-state index contributed by atoms with van der Waals surface area (Å²) >= 11 is 0. The average Bonchev–Trinajstić information content (AvgIpc) is 2.18. The largest absolute Gasteiger partial charge is 0.385 e. The van der Waals surface area contributed by atoms with Crippen molar-refractivity contribution in [1.82, 2.24) is 0 Å². The molecule has 1 heteroatoms. The molecule has 0 heterocycles. The molecule has 0 aromatic heterocycles. The van der Waals surface area contributed by atoms with Crippen LogP contribution in [0, 0.1) is 0 Å². The van der Waals surface area contributed by atoms with Crippen molar-refractivity contribution >= 4 is 0 Å². The third kappa shape index (κ3) is 3.88. The van der Waals surface area contributed by atoms with Crippen molar-refractivity contribution in [2.45, 2.75) is 39.2 Å². The Balaban J connectivity index is 2.64. The van der Waals surface area contributed by atoms with E-state index in [4.69, 9.17) is 0 Å². The molecule has 1 atom stereocenters. The normalized spacial score (nSPS) is 14.4. The number of hydrogen-bond donors (Lipinski definition) is 1. The lowest BCUT2D eigenvalue weighted by molar-refractivity contribution is 0.0487. The lowest BCUT2D eigenvalue weighted by Crippen LogP contribution is -2.20. The summed E-state index contributed by atoms with van der Waals surface area (Å²) in [5, 5.41) is 10.3. The first-order valence-electron chi connectivity index (χ1n) is 5.43. The summed E-state index contributed by atoms with van der Waals surface area (Å²) in [6, 6.07) is 9.84. The van der Waals surface area contributed by atoms with Gasteiger partial charge in [-0.25, -0.2) is 0 Å². The summed E-state index contributed by atoms with van der Waals surface area (Å²) in [7, 11) is 0. The third-order valence-corrected chi connectivity index (χ3v) is 2.58. The standard InChI is InChI=1S/C14H20O/c1-12(2)8-7-11-14(3,15)13-9-5-4-6-10-13/h4-6,8-10,15H,7,11H2,1-3H3. The van der Waals surface area contributed by atoms with Crippen molar-refractivity contribution in [3.63, 3.8) is 0 Å². The molecule has 15 heavy (non-hydrogen) atoms. The molecule has 1 nitrogen and oxygen atoms in total. The molecule has 1 aromatic rings. The molecule has 82 valence electrons. The van der Waals surface area contributed by atoms with E-state index in [-0.39, 0.29) is 0 Å². The molecular weight excluding hydrogens is 184 g/mol. The monoisotopic (exact) mass is 204 g/mol. The fourth-order valence-corrected chi connectivity index (χ4v) is 1.58. The van der Waals surface area contributed by atoms with Crippen LogP contribution < -0.4 is 0 Å². The molecule has 1 unspecified atom stereocenters. The van der Waals surface area contributed by atoms with E-state index in [1.807, 2.05) is 37.3 Å². The minimum atomic E-state index is -0.715. The Labute approximate surface area is 92.5 Å². The zero-order chi connectivity index (χ0) is 11.3. The van der Waals surface area contributed by atoms with E-state index in [9.17, 15) is 5.11 Å². The maximum atomic E-state index is 10.3. The molecule has 1 aromatic carbocycles. The Bertz CT molecular complexity index is 318. The third-order valence-electron chi connectivity index (χ3n) is 2.58. The minimum absolute atomic E-state index is 0.715. The van der Waals surface area contributed by atoms with Gasteiger partial charge in [0.2, 0.25) is 0 Å². The van der Waals surface area contributed by atoms with Gasteiger partial charge in [0.05, 0.1) is 5.60 Å². The van der Waals surface area contributed by atoms with Gasteiger partial charge in [0, 0.05) is 0 Å². The average molecular weight is 204 g/mol. The van der Waals surface area contributed by atoms with Crippen LogP contribution in [0.1, 0.15) is 39.2 Å². The van der Waals surface area contributed by atoms with Crippen molar-refractivity contribution in [3.8, 4) is 0 Å². The molecular formula is C14H20O. The van der Waals surface area contributed by atoms with Gasteiger partial charge in [0.1, 0.15) is 0 Å². The minimum Gasteiger partial charge on any atom is -0.385 e. The van der Waals surface area contributed by atoms with Gasteiger partial charge in [-0.1, -0.05) is 42.0 Å². The number of rotatable bonds is 4. The zero-order valence-electron chi connectivity index (χ0n) is 9.83. The van der Waals surface area contributed by atoms with Crippen LogP contribution in [0.4, 0.5) is 0 Å². The molecule has 0 spiro atoms. The van der Waals surface area contributed by atoms with Crippen LogP contribution in [-0.4, -0.2) is 5.11 Å². The Kier molecular flexibility index (Phi) is 4.10. The van der Waals surface area contributed by atoms with Crippen LogP contribution >= 0.6 is 0 Å². The van der Waals surface area contributed by atoms with Crippen molar-refractivity contribution < 1.29 is 5.11 Å². The molecule has 0 saturated carbocycles. The zero-order valence-corrected chi connectivity index (χ0v) is 9.83. The molecule has 0 radical (unpaired) electrons. The second-order valence-corrected chi connectivity index (χ2v) is 4.46. The molecule has 0 saturated heterocycles. The molecule has 0 aliphatic rings. The second-order valence-electron chi connectivity index (χ2n) is 4.46. The highest BCUT2D eigenvalue weighted by Crippen LogP contribution is 2.25. The number of hydrogen-bond acceptors (Lipinski definition) is 1. The van der Waals surface area contributed by atoms with Crippen molar-refractivity contribution in [2.75, 3.05) is 0 Å². The summed E-state index contributed by atoms with van der Waals surface area (Å²) in [5.74, 6) is 0. The lowest BCUT2D eigenvalue weighted by atomic mass is 9.91. The van der Waals surface area contributed by atoms with E-state index < -0.39 is 5.60 Å². The second kappa shape index (κ2) is 5.13. The van der Waals surface area contributed by atoms with Gasteiger partial charge in [-0.05, 0) is 39.2 Å². The molecule has 1 N–H and O–H groups in total. The molecule has 0 amide bonds. The van der Waals surface area contributed by atoms with E-state index in [1.165, 1.54) is 5.57 Å². The van der Waals surface area contributed by atoms with Crippen LogP contribution in [0.3, 0.4) is 0 Å². The van der Waals surface area contributed by atoms with E-state index in [0.717, 1.165) is 18.4 Å². The molecule has 0 aliphatic carbocycles. The lowest BCUT2D eigenvalue weighted by Gasteiger charge is -2.23. The highest BCUT2D eigenvalue weighted by Gasteiger charge is 2.21. The number of allylic oxidation sites excluding steroid dienone is 2. The van der Waals surface area contributed by atoms with E-state index in [1.54, 1.807) is 0 Å². The summed E-state index contributed by atoms with van der Waals surface area (Å²) in [6.07, 6.45) is 3.85. The van der Waals surface area contributed by atoms with Crippen molar-refractivity contribution in [1.29, 1.82) is 0 Å². The fourth-order valence-electron chi connectivity index (χ4n) is 1.58. The van der Waals surface area contributed by atoms with Gasteiger partial charge in [-0.3, -0.25) is 0 Å². The van der Waals surface area contributed by atoms with Crippen molar-refractivity contribution in [2.24, 2.45) is 0 Å². The van der Waals surface area contributed by atoms with Crippen LogP contribution in [-0.2, 0) is 5.60 Å². The predicted octanol–water partition coefficient (Wildman–Crippen LogP) is 3.64. The van der Waals surface area contributed by atoms with E-state index >= 15 is 0 Å². The summed E-state index contributed by atoms with van der Waals surface area (Å²) in [6.45, 7) is 6.04. The topological polar surface area (TPSA) is 20.2 Å². The maximum Gasteiger partial charge on any atom is 0.0871 e. The van der Waals surface area contributed by atoms with Crippen LogP contribution in [0.2, 0.25) is 0 Å². The first kappa shape index (κ1) is 12.0. The molecule has 0 fully saturated rings. The van der Waals surface area contributed by atoms with Crippen LogP contribution in [0.25, 0.3) is 0 Å². The summed E-state index contributed by atoms with van der Waals surface area (Å²) in [4.78, 5) is 0. The SMILES string of the molecule is CC(C)=CCCC(C)(O)c1ccccc1. The quantitative estimate of drug-likeness (QED) is 0.742. The van der Waals surface area contributed by atoms with Crippen LogP contribution in [0.15, 0.2) is 42.0 Å². The molecule has 0 bridgehead atoms. The molecule has 0 aliphatic heterocycles. The van der Waals surface area contributed by atoms with Gasteiger partial charge in [-0.2, -0.15) is 0 Å². The smallest absolute Gasteiger partial charge is 0.0871 e. The molecule has 1 rings (SSSR count). The first-order chi connectivity index (χ1) is 7.02. The Hall–Kier alpha value is -1.08.